The number of carbonyl (C=O) groups excluding carboxylic acids is 3. The van der Waals surface area contributed by atoms with Crippen LogP contribution >= 0.6 is 11.3 Å². The van der Waals surface area contributed by atoms with E-state index in [-0.39, 0.29) is 5.91 Å². The van der Waals surface area contributed by atoms with Crippen molar-refractivity contribution in [2.24, 2.45) is 5.73 Å². The molecule has 7 heteroatoms. The van der Waals surface area contributed by atoms with Crippen LogP contribution in [-0.2, 0) is 9.59 Å². The fourth-order valence-electron chi connectivity index (χ4n) is 1.97. The molecule has 0 aliphatic heterocycles. The minimum absolute atomic E-state index is 0.335. The number of primary amides is 1. The van der Waals surface area contributed by atoms with Gasteiger partial charge in [0, 0.05) is 0 Å². The molecular formula is C16H17N3O3S. The van der Waals surface area contributed by atoms with Crippen molar-refractivity contribution < 1.29 is 14.4 Å². The van der Waals surface area contributed by atoms with E-state index in [1.165, 1.54) is 11.3 Å². The first-order chi connectivity index (χ1) is 11.0. The Morgan fingerprint density at radius 1 is 1.04 bits per heavy atom. The highest BCUT2D eigenvalue weighted by Crippen LogP contribution is 2.12. The van der Waals surface area contributed by atoms with Gasteiger partial charge in [-0.05, 0) is 23.9 Å². The summed E-state index contributed by atoms with van der Waals surface area (Å²) in [5.74, 6) is -1.48. The highest BCUT2D eigenvalue weighted by Gasteiger charge is 2.24. The molecule has 6 nitrogen and oxygen atoms in total. The molecule has 3 amide bonds. The summed E-state index contributed by atoms with van der Waals surface area (Å²) in [5, 5.41) is 6.92. The van der Waals surface area contributed by atoms with Crippen LogP contribution in [0.5, 0.6) is 0 Å². The number of rotatable bonds is 6. The fourth-order valence-corrected chi connectivity index (χ4v) is 2.60. The van der Waals surface area contributed by atoms with Crippen LogP contribution in [0, 0.1) is 0 Å². The first-order valence-electron chi connectivity index (χ1n) is 6.98. The number of nitrogens with one attached hydrogen (secondary N) is 2. The van der Waals surface area contributed by atoms with Crippen LogP contribution in [0.15, 0.2) is 47.8 Å². The molecule has 4 N–H and O–H groups in total. The van der Waals surface area contributed by atoms with Crippen LogP contribution in [0.1, 0.15) is 28.2 Å². The lowest BCUT2D eigenvalue weighted by atomic mass is 10.1. The maximum Gasteiger partial charge on any atom is 0.261 e. The van der Waals surface area contributed by atoms with Gasteiger partial charge in [-0.1, -0.05) is 36.4 Å². The minimum atomic E-state index is -0.940. The Hall–Kier alpha value is -2.67. The predicted molar refractivity (Wildman–Crippen MR) is 87.8 cm³/mol. The molecule has 2 aromatic rings. The molecule has 0 aliphatic carbocycles. The molecule has 0 radical (unpaired) electrons. The summed E-state index contributed by atoms with van der Waals surface area (Å²) in [6.45, 7) is 1.55. The van der Waals surface area contributed by atoms with E-state index in [4.69, 9.17) is 5.73 Å². The van der Waals surface area contributed by atoms with Gasteiger partial charge in [0.05, 0.1) is 4.88 Å². The first-order valence-corrected chi connectivity index (χ1v) is 7.86. The summed E-state index contributed by atoms with van der Waals surface area (Å²) in [6.07, 6.45) is 0. The molecule has 1 heterocycles. The number of amides is 3. The third-order valence-corrected chi connectivity index (χ3v) is 4.06. The smallest absolute Gasteiger partial charge is 0.261 e. The average molecular weight is 331 g/mol. The van der Waals surface area contributed by atoms with Crippen LogP contribution in [0.3, 0.4) is 0 Å². The quantitative estimate of drug-likeness (QED) is 0.741. The molecule has 2 atom stereocenters. The molecule has 2 unspecified atom stereocenters. The van der Waals surface area contributed by atoms with Crippen LogP contribution < -0.4 is 16.4 Å². The molecule has 0 saturated carbocycles. The van der Waals surface area contributed by atoms with Gasteiger partial charge in [-0.2, -0.15) is 0 Å². The summed E-state index contributed by atoms with van der Waals surface area (Å²) >= 11 is 1.28. The fraction of sp³-hybridized carbons (Fsp3) is 0.188. The van der Waals surface area contributed by atoms with Gasteiger partial charge in [-0.25, -0.2) is 0 Å². The topological polar surface area (TPSA) is 101 Å². The SMILES string of the molecule is CC(NC(=O)c1cccs1)C(=O)NC(C(N)=O)c1ccccc1. The van der Waals surface area contributed by atoms with Crippen LogP contribution in [-0.4, -0.2) is 23.8 Å². The second-order valence-corrected chi connectivity index (χ2v) is 5.87. The van der Waals surface area contributed by atoms with E-state index in [1.807, 2.05) is 0 Å². The number of hydrogen-bond acceptors (Lipinski definition) is 4. The lowest BCUT2D eigenvalue weighted by Crippen LogP contribution is -2.48. The van der Waals surface area contributed by atoms with Crippen LogP contribution in [0.25, 0.3) is 0 Å². The maximum absolute atomic E-state index is 12.2. The zero-order valence-electron chi connectivity index (χ0n) is 12.5. The van der Waals surface area contributed by atoms with Gasteiger partial charge in [0.2, 0.25) is 11.8 Å². The third kappa shape index (κ3) is 4.40. The minimum Gasteiger partial charge on any atom is -0.368 e. The maximum atomic E-state index is 12.2. The van der Waals surface area contributed by atoms with Crippen LogP contribution in [0.2, 0.25) is 0 Å². The third-order valence-electron chi connectivity index (χ3n) is 3.19. The van der Waals surface area contributed by atoms with E-state index in [0.717, 1.165) is 0 Å². The summed E-state index contributed by atoms with van der Waals surface area (Å²) < 4.78 is 0. The number of carbonyl (C=O) groups is 3. The normalized spacial score (nSPS) is 12.9. The van der Waals surface area contributed by atoms with Gasteiger partial charge in [-0.15, -0.1) is 11.3 Å². The summed E-state index contributed by atoms with van der Waals surface area (Å²) in [5.41, 5.74) is 5.94. The van der Waals surface area contributed by atoms with Crippen LogP contribution in [0.4, 0.5) is 0 Å². The number of hydrogen-bond donors (Lipinski definition) is 3. The second-order valence-electron chi connectivity index (χ2n) is 4.93. The van der Waals surface area contributed by atoms with E-state index in [9.17, 15) is 14.4 Å². The molecule has 2 rings (SSSR count). The molecule has 0 bridgehead atoms. The Morgan fingerprint density at radius 3 is 2.30 bits per heavy atom. The monoisotopic (exact) mass is 331 g/mol. The van der Waals surface area contributed by atoms with E-state index in [1.54, 1.807) is 54.8 Å². The van der Waals surface area contributed by atoms with Crippen molar-refractivity contribution in [1.29, 1.82) is 0 Å². The van der Waals surface area contributed by atoms with Gasteiger partial charge in [0.15, 0.2) is 0 Å². The standard InChI is InChI=1S/C16H17N3O3S/c1-10(18-16(22)12-8-5-9-23-12)15(21)19-13(14(17)20)11-6-3-2-4-7-11/h2-10,13H,1H3,(H2,17,20)(H,18,22)(H,19,21). The van der Waals surface area contributed by atoms with Crippen molar-refractivity contribution in [3.63, 3.8) is 0 Å². The van der Waals surface area contributed by atoms with Crippen molar-refractivity contribution in [2.45, 2.75) is 19.0 Å². The molecule has 120 valence electrons. The number of benzene rings is 1. The Labute approximate surface area is 137 Å². The molecule has 0 spiro atoms. The summed E-state index contributed by atoms with van der Waals surface area (Å²) in [4.78, 5) is 36.2. The van der Waals surface area contributed by atoms with Gasteiger partial charge < -0.3 is 16.4 Å². The summed E-state index contributed by atoms with van der Waals surface area (Å²) in [7, 11) is 0. The molecule has 23 heavy (non-hydrogen) atoms. The highest BCUT2D eigenvalue weighted by molar-refractivity contribution is 7.12. The molecular weight excluding hydrogens is 314 g/mol. The van der Waals surface area contributed by atoms with Gasteiger partial charge in [0.1, 0.15) is 12.1 Å². The van der Waals surface area contributed by atoms with E-state index in [2.05, 4.69) is 10.6 Å². The zero-order chi connectivity index (χ0) is 16.8. The second kappa shape index (κ2) is 7.55. The van der Waals surface area contributed by atoms with Gasteiger partial charge in [0.25, 0.3) is 5.91 Å². The molecule has 0 fully saturated rings. The molecule has 1 aromatic carbocycles. The number of thiophene rings is 1. The highest BCUT2D eigenvalue weighted by atomic mass is 32.1. The molecule has 0 aliphatic rings. The molecule has 0 saturated heterocycles. The van der Waals surface area contributed by atoms with E-state index >= 15 is 0 Å². The average Bonchev–Trinajstić information content (AvgIpc) is 3.07. The van der Waals surface area contributed by atoms with Crippen molar-refractivity contribution in [3.8, 4) is 0 Å². The predicted octanol–water partition coefficient (Wildman–Crippen LogP) is 1.21. The van der Waals surface area contributed by atoms with Crippen molar-refractivity contribution in [2.75, 3.05) is 0 Å². The first kappa shape index (κ1) is 16.7. The summed E-state index contributed by atoms with van der Waals surface area (Å²) in [6, 6.07) is 10.4. The Kier molecular flexibility index (Phi) is 5.48. The van der Waals surface area contributed by atoms with Crippen molar-refractivity contribution in [1.82, 2.24) is 10.6 Å². The Morgan fingerprint density at radius 2 is 1.74 bits per heavy atom. The van der Waals surface area contributed by atoms with Gasteiger partial charge >= 0.3 is 0 Å². The number of nitrogens with two attached hydrogens (primary N) is 1. The largest absolute Gasteiger partial charge is 0.368 e. The lowest BCUT2D eigenvalue weighted by Gasteiger charge is -2.19. The Bertz CT molecular complexity index is 686. The lowest BCUT2D eigenvalue weighted by molar-refractivity contribution is -0.128. The van der Waals surface area contributed by atoms with E-state index in [0.29, 0.717) is 10.4 Å². The van der Waals surface area contributed by atoms with Crippen molar-refractivity contribution in [3.05, 3.63) is 58.3 Å². The van der Waals surface area contributed by atoms with Crippen molar-refractivity contribution >= 4 is 29.1 Å². The zero-order valence-corrected chi connectivity index (χ0v) is 13.3. The van der Waals surface area contributed by atoms with Gasteiger partial charge in [-0.3, -0.25) is 14.4 Å². The molecule has 1 aromatic heterocycles. The Balaban J connectivity index is 2.01. The van der Waals surface area contributed by atoms with E-state index < -0.39 is 23.9 Å².